The van der Waals surface area contributed by atoms with Gasteiger partial charge in [0.1, 0.15) is 6.10 Å². The summed E-state index contributed by atoms with van der Waals surface area (Å²) >= 11 is 0. The molecule has 1 heterocycles. The molecule has 1 saturated heterocycles. The van der Waals surface area contributed by atoms with Crippen LogP contribution in [0.15, 0.2) is 0 Å². The fourth-order valence-electron chi connectivity index (χ4n) is 1.31. The molecule has 1 rings (SSSR count). The number of hydrogen-bond acceptors (Lipinski definition) is 4. The van der Waals surface area contributed by atoms with Gasteiger partial charge >= 0.3 is 5.97 Å². The maximum atomic E-state index is 10.6. The van der Waals surface area contributed by atoms with Gasteiger partial charge in [0.15, 0.2) is 6.29 Å². The minimum absolute atomic E-state index is 0.110. The third-order valence-corrected chi connectivity index (χ3v) is 1.99. The first-order valence-electron chi connectivity index (χ1n) is 3.96. The van der Waals surface area contributed by atoms with Crippen molar-refractivity contribution < 1.29 is 19.0 Å². The molecule has 0 radical (unpaired) electrons. The molecule has 0 aliphatic carbocycles. The van der Waals surface area contributed by atoms with Gasteiger partial charge in [-0.2, -0.15) is 0 Å². The van der Waals surface area contributed by atoms with E-state index in [2.05, 4.69) is 0 Å². The highest BCUT2D eigenvalue weighted by molar-refractivity contribution is 5.66. The standard InChI is InChI=1S/C8H14O4/c1-5-7(12-6(2)9)4-11-8(5)10-3/h5,7-8H,4H2,1-3H3/t5-,7-,8-/m0/s1. The second kappa shape index (κ2) is 3.87. The van der Waals surface area contributed by atoms with Crippen LogP contribution in [0.4, 0.5) is 0 Å². The van der Waals surface area contributed by atoms with E-state index in [1.165, 1.54) is 6.92 Å². The van der Waals surface area contributed by atoms with Gasteiger partial charge in [-0.05, 0) is 0 Å². The van der Waals surface area contributed by atoms with E-state index in [0.29, 0.717) is 6.61 Å². The normalized spacial score (nSPS) is 35.1. The highest BCUT2D eigenvalue weighted by atomic mass is 16.7. The summed E-state index contributed by atoms with van der Waals surface area (Å²) in [6, 6.07) is 0. The average molecular weight is 174 g/mol. The van der Waals surface area contributed by atoms with Crippen molar-refractivity contribution in [3.8, 4) is 0 Å². The molecule has 3 atom stereocenters. The molecular formula is C8H14O4. The predicted molar refractivity (Wildman–Crippen MR) is 41.5 cm³/mol. The minimum Gasteiger partial charge on any atom is -0.460 e. The SMILES string of the molecule is CO[C@H]1OC[C@H](OC(C)=O)[C@@H]1C. The van der Waals surface area contributed by atoms with E-state index >= 15 is 0 Å². The number of esters is 1. The van der Waals surface area contributed by atoms with Crippen molar-refractivity contribution in [3.63, 3.8) is 0 Å². The Kier molecular flexibility index (Phi) is 3.05. The third kappa shape index (κ3) is 1.95. The molecule has 1 aliphatic heterocycles. The molecule has 0 aromatic carbocycles. The van der Waals surface area contributed by atoms with E-state index in [1.54, 1.807) is 7.11 Å². The number of carbonyl (C=O) groups excluding carboxylic acids is 1. The zero-order valence-electron chi connectivity index (χ0n) is 7.57. The molecule has 12 heavy (non-hydrogen) atoms. The number of hydrogen-bond donors (Lipinski definition) is 0. The Morgan fingerprint density at radius 3 is 2.67 bits per heavy atom. The Bertz CT molecular complexity index is 168. The van der Waals surface area contributed by atoms with Crippen LogP contribution in [0.2, 0.25) is 0 Å². The number of rotatable bonds is 2. The molecule has 0 unspecified atom stereocenters. The van der Waals surface area contributed by atoms with Gasteiger partial charge in [0.2, 0.25) is 0 Å². The number of ether oxygens (including phenoxy) is 3. The van der Waals surface area contributed by atoms with Crippen LogP contribution in [0.1, 0.15) is 13.8 Å². The molecule has 1 aliphatic rings. The van der Waals surface area contributed by atoms with Gasteiger partial charge in [-0.25, -0.2) is 0 Å². The molecule has 0 spiro atoms. The second-order valence-corrected chi connectivity index (χ2v) is 2.94. The Morgan fingerprint density at radius 1 is 1.58 bits per heavy atom. The van der Waals surface area contributed by atoms with Crippen molar-refractivity contribution in [2.45, 2.75) is 26.2 Å². The largest absolute Gasteiger partial charge is 0.460 e. The lowest BCUT2D eigenvalue weighted by Gasteiger charge is -2.16. The quantitative estimate of drug-likeness (QED) is 0.574. The van der Waals surface area contributed by atoms with Crippen molar-refractivity contribution in [2.75, 3.05) is 13.7 Å². The van der Waals surface area contributed by atoms with Crippen LogP contribution in [-0.2, 0) is 19.0 Å². The van der Waals surface area contributed by atoms with E-state index in [-0.39, 0.29) is 24.3 Å². The topological polar surface area (TPSA) is 44.8 Å². The van der Waals surface area contributed by atoms with Crippen molar-refractivity contribution in [3.05, 3.63) is 0 Å². The van der Waals surface area contributed by atoms with Gasteiger partial charge in [-0.1, -0.05) is 6.92 Å². The summed E-state index contributed by atoms with van der Waals surface area (Å²) in [4.78, 5) is 10.6. The molecule has 70 valence electrons. The molecule has 4 heteroatoms. The van der Waals surface area contributed by atoms with Crippen molar-refractivity contribution in [1.29, 1.82) is 0 Å². The highest BCUT2D eigenvalue weighted by Crippen LogP contribution is 2.23. The summed E-state index contributed by atoms with van der Waals surface area (Å²) in [5.74, 6) is -0.161. The molecule has 0 saturated carbocycles. The Morgan fingerprint density at radius 2 is 2.25 bits per heavy atom. The van der Waals surface area contributed by atoms with Crippen LogP contribution in [0.3, 0.4) is 0 Å². The lowest BCUT2D eigenvalue weighted by molar-refractivity contribution is -0.147. The fourth-order valence-corrected chi connectivity index (χ4v) is 1.31. The summed E-state index contributed by atoms with van der Waals surface area (Å²) in [6.07, 6.45) is -0.401. The molecule has 0 N–H and O–H groups in total. The van der Waals surface area contributed by atoms with E-state index in [4.69, 9.17) is 14.2 Å². The van der Waals surface area contributed by atoms with Crippen LogP contribution < -0.4 is 0 Å². The summed E-state index contributed by atoms with van der Waals surface area (Å²) in [5.41, 5.74) is 0. The third-order valence-electron chi connectivity index (χ3n) is 1.99. The van der Waals surface area contributed by atoms with Gasteiger partial charge in [0.05, 0.1) is 6.61 Å². The van der Waals surface area contributed by atoms with E-state index in [9.17, 15) is 4.79 Å². The molecule has 4 nitrogen and oxygen atoms in total. The predicted octanol–water partition coefficient (Wildman–Crippen LogP) is 0.557. The van der Waals surface area contributed by atoms with Crippen molar-refractivity contribution >= 4 is 5.97 Å². The van der Waals surface area contributed by atoms with Crippen molar-refractivity contribution in [1.82, 2.24) is 0 Å². The van der Waals surface area contributed by atoms with Crippen LogP contribution in [0.25, 0.3) is 0 Å². The summed E-state index contributed by atoms with van der Waals surface area (Å²) in [5, 5.41) is 0. The van der Waals surface area contributed by atoms with Crippen molar-refractivity contribution in [2.24, 2.45) is 5.92 Å². The fraction of sp³-hybridized carbons (Fsp3) is 0.875. The first kappa shape index (κ1) is 9.48. The van der Waals surface area contributed by atoms with Gasteiger partial charge < -0.3 is 14.2 Å². The molecule has 0 amide bonds. The van der Waals surface area contributed by atoms with Crippen LogP contribution in [0, 0.1) is 5.92 Å². The van der Waals surface area contributed by atoms with E-state index < -0.39 is 0 Å². The van der Waals surface area contributed by atoms with Gasteiger partial charge in [-0.3, -0.25) is 4.79 Å². The smallest absolute Gasteiger partial charge is 0.302 e. The van der Waals surface area contributed by atoms with Crippen LogP contribution in [-0.4, -0.2) is 32.1 Å². The minimum atomic E-state index is -0.271. The van der Waals surface area contributed by atoms with Gasteiger partial charge in [0.25, 0.3) is 0 Å². The first-order valence-corrected chi connectivity index (χ1v) is 3.96. The molecule has 0 aromatic rings. The monoisotopic (exact) mass is 174 g/mol. The highest BCUT2D eigenvalue weighted by Gasteiger charge is 2.35. The van der Waals surface area contributed by atoms with E-state index in [0.717, 1.165) is 0 Å². The summed E-state index contributed by atoms with van der Waals surface area (Å²) < 4.78 is 15.3. The van der Waals surface area contributed by atoms with Gasteiger partial charge in [-0.15, -0.1) is 0 Å². The zero-order valence-corrected chi connectivity index (χ0v) is 7.57. The summed E-state index contributed by atoms with van der Waals surface area (Å²) in [7, 11) is 1.58. The Balaban J connectivity index is 2.43. The number of carbonyl (C=O) groups is 1. The lowest BCUT2D eigenvalue weighted by atomic mass is 10.1. The molecule has 0 bridgehead atoms. The van der Waals surface area contributed by atoms with Gasteiger partial charge in [0, 0.05) is 20.0 Å². The summed E-state index contributed by atoms with van der Waals surface area (Å²) in [6.45, 7) is 3.76. The Hall–Kier alpha value is -0.610. The molecule has 1 fully saturated rings. The van der Waals surface area contributed by atoms with E-state index in [1.807, 2.05) is 6.92 Å². The molecular weight excluding hydrogens is 160 g/mol. The second-order valence-electron chi connectivity index (χ2n) is 2.94. The Labute approximate surface area is 71.8 Å². The van der Waals surface area contributed by atoms with Crippen LogP contribution >= 0.6 is 0 Å². The number of methoxy groups -OCH3 is 1. The first-order chi connectivity index (χ1) is 5.65. The van der Waals surface area contributed by atoms with Crippen LogP contribution in [0.5, 0.6) is 0 Å². The lowest BCUT2D eigenvalue weighted by Crippen LogP contribution is -2.26. The average Bonchev–Trinajstić information content (AvgIpc) is 2.32. The molecule has 0 aromatic heterocycles. The maximum Gasteiger partial charge on any atom is 0.302 e. The maximum absolute atomic E-state index is 10.6. The zero-order chi connectivity index (χ0) is 9.14.